The lowest BCUT2D eigenvalue weighted by Crippen LogP contribution is -2.13. The minimum absolute atomic E-state index is 0.0926. The van der Waals surface area contributed by atoms with Crippen molar-refractivity contribution in [1.82, 2.24) is 0 Å². The Morgan fingerprint density at radius 3 is 3.09 bits per heavy atom. The Labute approximate surface area is 65.3 Å². The molecule has 1 aromatic carbocycles. The van der Waals surface area contributed by atoms with Crippen LogP contribution in [0, 0.1) is 12.7 Å². The van der Waals surface area contributed by atoms with Crippen LogP contribution in [-0.2, 0) is 0 Å². The molecule has 0 saturated carbocycles. The Balaban J connectivity index is 3.16. The fourth-order valence-electron chi connectivity index (χ4n) is 0.823. The van der Waals surface area contributed by atoms with Crippen LogP contribution >= 0.6 is 0 Å². The lowest BCUT2D eigenvalue weighted by Gasteiger charge is -1.99. The van der Waals surface area contributed by atoms with Crippen LogP contribution in [0.1, 0.15) is 15.9 Å². The molecule has 0 bridgehead atoms. The number of carbonyl (C=O) groups is 1. The van der Waals surface area contributed by atoms with E-state index in [0.717, 1.165) is 0 Å². The Kier molecular flexibility index (Phi) is 1.55. The lowest BCUT2D eigenvalue weighted by atomic mass is 10.1. The average Bonchev–Trinajstić information content (AvgIpc) is 2.08. The fourth-order valence-corrected chi connectivity index (χ4v) is 0.823. The SMILES string of the molecule is [2H]NC(=O)c1cccc(C)c1F. The number of amides is 1. The summed E-state index contributed by atoms with van der Waals surface area (Å²) in [5.74, 6) is -1.29. The summed E-state index contributed by atoms with van der Waals surface area (Å²) in [6, 6.07) is 4.48. The molecule has 1 rings (SSSR count). The molecular weight excluding hydrogens is 145 g/mol. The summed E-state index contributed by atoms with van der Waals surface area (Å²) in [6.45, 7) is 1.57. The molecule has 0 radical (unpaired) electrons. The first-order valence-corrected chi connectivity index (χ1v) is 3.14. The zero-order valence-electron chi connectivity index (χ0n) is 7.02. The molecule has 0 atom stereocenters. The predicted molar refractivity (Wildman–Crippen MR) is 39.7 cm³/mol. The normalized spacial score (nSPS) is 10.5. The van der Waals surface area contributed by atoms with E-state index in [-0.39, 0.29) is 5.56 Å². The molecule has 0 spiro atoms. The zero-order valence-corrected chi connectivity index (χ0v) is 6.02. The quantitative estimate of drug-likeness (QED) is 0.649. The van der Waals surface area contributed by atoms with Gasteiger partial charge in [0.1, 0.15) is 5.82 Å². The van der Waals surface area contributed by atoms with E-state index >= 15 is 0 Å². The molecule has 58 valence electrons. The monoisotopic (exact) mass is 154 g/mol. The Morgan fingerprint density at radius 1 is 1.73 bits per heavy atom. The molecule has 0 heterocycles. The van der Waals surface area contributed by atoms with E-state index in [0.29, 0.717) is 5.56 Å². The molecule has 3 heteroatoms. The summed E-state index contributed by atoms with van der Waals surface area (Å²) in [5, 5.41) is 0. The second-order valence-electron chi connectivity index (χ2n) is 2.27. The van der Waals surface area contributed by atoms with Crippen molar-refractivity contribution in [1.29, 1.82) is 0 Å². The summed E-state index contributed by atoms with van der Waals surface area (Å²) in [4.78, 5) is 10.8. The van der Waals surface area contributed by atoms with Crippen LogP contribution in [0.4, 0.5) is 4.39 Å². The largest absolute Gasteiger partial charge is 0.366 e. The predicted octanol–water partition coefficient (Wildman–Crippen LogP) is 1.23. The van der Waals surface area contributed by atoms with Crippen molar-refractivity contribution in [2.45, 2.75) is 6.92 Å². The smallest absolute Gasteiger partial charge is 0.251 e. The zero-order chi connectivity index (χ0) is 9.14. The number of primary amides is 1. The van der Waals surface area contributed by atoms with Crippen LogP contribution < -0.4 is 5.73 Å². The van der Waals surface area contributed by atoms with E-state index in [4.69, 9.17) is 1.41 Å². The third kappa shape index (κ3) is 1.37. The summed E-state index contributed by atoms with van der Waals surface area (Å²) in [5.41, 5.74) is 1.93. The number of rotatable bonds is 1. The summed E-state index contributed by atoms with van der Waals surface area (Å²) in [6.07, 6.45) is 0. The van der Waals surface area contributed by atoms with Crippen molar-refractivity contribution in [3.05, 3.63) is 35.1 Å². The fraction of sp³-hybridized carbons (Fsp3) is 0.125. The molecule has 2 nitrogen and oxygen atoms in total. The van der Waals surface area contributed by atoms with E-state index in [9.17, 15) is 9.18 Å². The molecule has 1 aromatic rings. The molecule has 0 aliphatic carbocycles. The van der Waals surface area contributed by atoms with Crippen molar-refractivity contribution in [2.75, 3.05) is 0 Å². The highest BCUT2D eigenvalue weighted by Gasteiger charge is 2.08. The van der Waals surface area contributed by atoms with Gasteiger partial charge in [0, 0.05) is 0 Å². The minimum Gasteiger partial charge on any atom is -0.366 e. The van der Waals surface area contributed by atoms with Crippen molar-refractivity contribution in [3.8, 4) is 0 Å². The van der Waals surface area contributed by atoms with Crippen molar-refractivity contribution in [2.24, 2.45) is 5.73 Å². The highest BCUT2D eigenvalue weighted by atomic mass is 19.1. The molecular formula is C8H8FNO. The number of carbonyl (C=O) groups excluding carboxylic acids is 1. The van der Waals surface area contributed by atoms with Gasteiger partial charge in [0.2, 0.25) is 0 Å². The Hall–Kier alpha value is -1.38. The van der Waals surface area contributed by atoms with Gasteiger partial charge < -0.3 is 5.73 Å². The third-order valence-electron chi connectivity index (χ3n) is 1.44. The third-order valence-corrected chi connectivity index (χ3v) is 1.44. The number of hydrogen-bond donors (Lipinski definition) is 1. The second-order valence-corrected chi connectivity index (χ2v) is 2.27. The molecule has 0 aromatic heterocycles. The molecule has 0 aliphatic rings. The van der Waals surface area contributed by atoms with Crippen LogP contribution in [0.5, 0.6) is 0 Å². The lowest BCUT2D eigenvalue weighted by molar-refractivity contribution is 0.0996. The first kappa shape index (κ1) is 6.34. The first-order chi connectivity index (χ1) is 5.66. The van der Waals surface area contributed by atoms with Crippen LogP contribution in [-0.4, -0.2) is 5.91 Å². The molecule has 2 N–H and O–H groups in total. The standard InChI is InChI=1S/C8H8FNO/c1-5-3-2-4-6(7(5)9)8(10)11/h2-4H,1H3,(H2,10,11)/i/hD. The maximum absolute atomic E-state index is 13.1. The van der Waals surface area contributed by atoms with Gasteiger partial charge in [0.05, 0.1) is 5.56 Å². The molecule has 0 saturated heterocycles. The summed E-state index contributed by atoms with van der Waals surface area (Å²) >= 11 is 0. The van der Waals surface area contributed by atoms with Gasteiger partial charge in [-0.05, 0) is 18.6 Å². The molecule has 11 heavy (non-hydrogen) atoms. The van der Waals surface area contributed by atoms with Crippen LogP contribution in [0.25, 0.3) is 0 Å². The molecule has 0 aliphatic heterocycles. The van der Waals surface area contributed by atoms with E-state index in [2.05, 4.69) is 0 Å². The van der Waals surface area contributed by atoms with Gasteiger partial charge in [0.15, 0.2) is 1.41 Å². The van der Waals surface area contributed by atoms with E-state index in [1.165, 1.54) is 6.07 Å². The van der Waals surface area contributed by atoms with Gasteiger partial charge in [0.25, 0.3) is 5.91 Å². The van der Waals surface area contributed by atoms with Gasteiger partial charge in [-0.2, -0.15) is 0 Å². The molecule has 0 unspecified atom stereocenters. The number of aryl methyl sites for hydroxylation is 1. The minimum atomic E-state index is -0.726. The highest BCUT2D eigenvalue weighted by molar-refractivity contribution is 5.93. The topological polar surface area (TPSA) is 43.1 Å². The van der Waals surface area contributed by atoms with Gasteiger partial charge in [-0.15, -0.1) is 0 Å². The van der Waals surface area contributed by atoms with Gasteiger partial charge in [-0.3, -0.25) is 4.79 Å². The number of halogens is 1. The maximum atomic E-state index is 13.1. The number of benzene rings is 1. The Morgan fingerprint density at radius 2 is 2.45 bits per heavy atom. The molecule has 1 amide bonds. The van der Waals surface area contributed by atoms with Crippen LogP contribution in [0.2, 0.25) is 1.41 Å². The molecule has 0 fully saturated rings. The summed E-state index contributed by atoms with van der Waals surface area (Å²) < 4.78 is 19.6. The maximum Gasteiger partial charge on any atom is 0.251 e. The van der Waals surface area contributed by atoms with Crippen molar-refractivity contribution in [3.63, 3.8) is 0 Å². The first-order valence-electron chi connectivity index (χ1n) is 3.64. The van der Waals surface area contributed by atoms with Crippen molar-refractivity contribution >= 4 is 5.91 Å². The van der Waals surface area contributed by atoms with E-state index in [1.54, 1.807) is 24.8 Å². The van der Waals surface area contributed by atoms with Crippen LogP contribution in [0.15, 0.2) is 18.2 Å². The van der Waals surface area contributed by atoms with E-state index in [1.807, 2.05) is 0 Å². The van der Waals surface area contributed by atoms with Crippen LogP contribution in [0.3, 0.4) is 0 Å². The van der Waals surface area contributed by atoms with Gasteiger partial charge in [-0.25, -0.2) is 4.39 Å². The average molecular weight is 154 g/mol. The van der Waals surface area contributed by atoms with Gasteiger partial charge in [-0.1, -0.05) is 12.1 Å². The van der Waals surface area contributed by atoms with E-state index < -0.39 is 11.7 Å². The van der Waals surface area contributed by atoms with Crippen molar-refractivity contribution < 1.29 is 10.6 Å². The number of nitrogens with two attached hydrogens (primary N) is 1. The summed E-state index contributed by atoms with van der Waals surface area (Å²) in [7, 11) is 0. The van der Waals surface area contributed by atoms with Gasteiger partial charge >= 0.3 is 0 Å². The second kappa shape index (κ2) is 2.70. The highest BCUT2D eigenvalue weighted by Crippen LogP contribution is 2.10. The Bertz CT molecular complexity index is 314. The number of hydrogen-bond acceptors (Lipinski definition) is 1.